The van der Waals surface area contributed by atoms with Crippen LogP contribution in [0.4, 0.5) is 4.39 Å². The first-order chi connectivity index (χ1) is 8.59. The molecule has 0 saturated heterocycles. The minimum Gasteiger partial charge on any atom is -0.423 e. The molecule has 3 heteroatoms. The zero-order valence-electron chi connectivity index (χ0n) is 10.2. The molecule has 0 fully saturated rings. The Morgan fingerprint density at radius 1 is 1.06 bits per heavy atom. The lowest BCUT2D eigenvalue weighted by Crippen LogP contribution is -2.11. The van der Waals surface area contributed by atoms with Gasteiger partial charge >= 0.3 is 5.97 Å². The zero-order valence-corrected chi connectivity index (χ0v) is 10.2. The third kappa shape index (κ3) is 2.40. The summed E-state index contributed by atoms with van der Waals surface area (Å²) in [7, 11) is 0. The van der Waals surface area contributed by atoms with Crippen molar-refractivity contribution in [3.63, 3.8) is 0 Å². The van der Waals surface area contributed by atoms with E-state index in [0.717, 1.165) is 11.1 Å². The van der Waals surface area contributed by atoms with E-state index in [1.807, 2.05) is 19.9 Å². The van der Waals surface area contributed by atoms with Crippen molar-refractivity contribution in [2.24, 2.45) is 0 Å². The number of ether oxygens (including phenoxy) is 1. The van der Waals surface area contributed by atoms with E-state index < -0.39 is 11.8 Å². The van der Waals surface area contributed by atoms with Crippen LogP contribution in [0, 0.1) is 19.7 Å². The molecular formula is C15H13FO2. The van der Waals surface area contributed by atoms with Gasteiger partial charge in [0, 0.05) is 0 Å². The summed E-state index contributed by atoms with van der Waals surface area (Å²) in [6.45, 7) is 3.79. The van der Waals surface area contributed by atoms with Gasteiger partial charge in [0.25, 0.3) is 0 Å². The van der Waals surface area contributed by atoms with Gasteiger partial charge in [0.15, 0.2) is 0 Å². The second-order valence-corrected chi connectivity index (χ2v) is 4.07. The van der Waals surface area contributed by atoms with Crippen molar-refractivity contribution in [2.75, 3.05) is 0 Å². The van der Waals surface area contributed by atoms with E-state index >= 15 is 0 Å². The Bertz CT molecular complexity index is 591. The fraction of sp³-hybridized carbons (Fsp3) is 0.133. The molecule has 0 unspecified atom stereocenters. The first-order valence-electron chi connectivity index (χ1n) is 5.62. The zero-order chi connectivity index (χ0) is 13.1. The summed E-state index contributed by atoms with van der Waals surface area (Å²) in [4.78, 5) is 11.8. The number of halogens is 1. The molecule has 0 aliphatic heterocycles. The molecule has 18 heavy (non-hydrogen) atoms. The van der Waals surface area contributed by atoms with Crippen LogP contribution in [-0.4, -0.2) is 5.97 Å². The Morgan fingerprint density at radius 2 is 1.78 bits per heavy atom. The Balaban J connectivity index is 2.27. The molecule has 0 bridgehead atoms. The summed E-state index contributed by atoms with van der Waals surface area (Å²) < 4.78 is 18.6. The number of hydrogen-bond acceptors (Lipinski definition) is 2. The maximum Gasteiger partial charge on any atom is 0.346 e. The lowest BCUT2D eigenvalue weighted by atomic mass is 10.1. The number of rotatable bonds is 2. The van der Waals surface area contributed by atoms with E-state index in [1.54, 1.807) is 18.2 Å². The van der Waals surface area contributed by atoms with Gasteiger partial charge in [0.2, 0.25) is 0 Å². The second-order valence-electron chi connectivity index (χ2n) is 4.07. The van der Waals surface area contributed by atoms with Crippen LogP contribution in [0.3, 0.4) is 0 Å². The highest BCUT2D eigenvalue weighted by Crippen LogP contribution is 2.22. The standard InChI is InChI=1S/C15H13FO2/c1-10-6-5-9-14(11(10)2)18-15(17)12-7-3-4-8-13(12)16/h3-9H,1-2H3. The minimum absolute atomic E-state index is 0.0570. The van der Waals surface area contributed by atoms with Crippen LogP contribution in [0.15, 0.2) is 42.5 Å². The molecule has 2 aromatic carbocycles. The lowest BCUT2D eigenvalue weighted by Gasteiger charge is -2.09. The molecule has 0 radical (unpaired) electrons. The lowest BCUT2D eigenvalue weighted by molar-refractivity contribution is 0.0728. The normalized spacial score (nSPS) is 10.2. The van der Waals surface area contributed by atoms with Gasteiger partial charge in [-0.15, -0.1) is 0 Å². The molecule has 2 rings (SSSR count). The Labute approximate surface area is 105 Å². The molecule has 0 heterocycles. The van der Waals surface area contributed by atoms with Crippen molar-refractivity contribution in [2.45, 2.75) is 13.8 Å². The first-order valence-corrected chi connectivity index (χ1v) is 5.62. The quantitative estimate of drug-likeness (QED) is 0.595. The van der Waals surface area contributed by atoms with Gasteiger partial charge in [-0.05, 0) is 43.2 Å². The fourth-order valence-corrected chi connectivity index (χ4v) is 1.62. The highest BCUT2D eigenvalue weighted by Gasteiger charge is 2.14. The van der Waals surface area contributed by atoms with E-state index in [0.29, 0.717) is 5.75 Å². The third-order valence-corrected chi connectivity index (χ3v) is 2.85. The van der Waals surface area contributed by atoms with Crippen molar-refractivity contribution < 1.29 is 13.9 Å². The summed E-state index contributed by atoms with van der Waals surface area (Å²) >= 11 is 0. The van der Waals surface area contributed by atoms with Crippen LogP contribution in [0.25, 0.3) is 0 Å². The number of benzene rings is 2. The van der Waals surface area contributed by atoms with Crippen LogP contribution in [-0.2, 0) is 0 Å². The first kappa shape index (κ1) is 12.3. The summed E-state index contributed by atoms with van der Waals surface area (Å²) in [6, 6.07) is 11.2. The van der Waals surface area contributed by atoms with Gasteiger partial charge in [0.1, 0.15) is 11.6 Å². The number of hydrogen-bond donors (Lipinski definition) is 0. The SMILES string of the molecule is Cc1cccc(OC(=O)c2ccccc2F)c1C. The van der Waals surface area contributed by atoms with Crippen molar-refractivity contribution in [1.82, 2.24) is 0 Å². The number of esters is 1. The Kier molecular flexibility index (Phi) is 3.42. The van der Waals surface area contributed by atoms with Gasteiger partial charge in [0.05, 0.1) is 5.56 Å². The van der Waals surface area contributed by atoms with E-state index in [1.165, 1.54) is 18.2 Å². The molecule has 0 amide bonds. The molecule has 0 saturated carbocycles. The molecule has 0 aliphatic carbocycles. The average Bonchev–Trinajstić information content (AvgIpc) is 2.35. The summed E-state index contributed by atoms with van der Waals surface area (Å²) in [5.74, 6) is -0.794. The second kappa shape index (κ2) is 5.00. The van der Waals surface area contributed by atoms with Crippen LogP contribution in [0.2, 0.25) is 0 Å². The van der Waals surface area contributed by atoms with E-state index in [9.17, 15) is 9.18 Å². The molecule has 0 aromatic heterocycles. The molecule has 0 atom stereocenters. The van der Waals surface area contributed by atoms with Gasteiger partial charge in [-0.3, -0.25) is 0 Å². The van der Waals surface area contributed by atoms with E-state index in [4.69, 9.17) is 4.74 Å². The molecular weight excluding hydrogens is 231 g/mol. The summed E-state index contributed by atoms with van der Waals surface area (Å²) in [5, 5.41) is 0. The third-order valence-electron chi connectivity index (χ3n) is 2.85. The monoisotopic (exact) mass is 244 g/mol. The molecule has 92 valence electrons. The Morgan fingerprint density at radius 3 is 2.50 bits per heavy atom. The summed E-state index contributed by atoms with van der Waals surface area (Å²) in [5.41, 5.74) is 1.84. The van der Waals surface area contributed by atoms with E-state index in [-0.39, 0.29) is 5.56 Å². The minimum atomic E-state index is -0.679. The maximum absolute atomic E-state index is 13.4. The van der Waals surface area contributed by atoms with Crippen LogP contribution < -0.4 is 4.74 Å². The molecule has 0 spiro atoms. The molecule has 0 aliphatic rings. The molecule has 2 aromatic rings. The van der Waals surface area contributed by atoms with Gasteiger partial charge in [-0.1, -0.05) is 24.3 Å². The van der Waals surface area contributed by atoms with Crippen LogP contribution >= 0.6 is 0 Å². The highest BCUT2D eigenvalue weighted by atomic mass is 19.1. The highest BCUT2D eigenvalue weighted by molar-refractivity contribution is 5.91. The Hall–Kier alpha value is -2.16. The fourth-order valence-electron chi connectivity index (χ4n) is 1.62. The molecule has 2 nitrogen and oxygen atoms in total. The average molecular weight is 244 g/mol. The topological polar surface area (TPSA) is 26.3 Å². The number of carbonyl (C=O) groups is 1. The van der Waals surface area contributed by atoms with Crippen LogP contribution in [0.5, 0.6) is 5.75 Å². The smallest absolute Gasteiger partial charge is 0.346 e. The van der Waals surface area contributed by atoms with Gasteiger partial charge < -0.3 is 4.74 Å². The molecule has 0 N–H and O–H groups in total. The maximum atomic E-state index is 13.4. The number of carbonyl (C=O) groups excluding carboxylic acids is 1. The van der Waals surface area contributed by atoms with Crippen LogP contribution in [0.1, 0.15) is 21.5 Å². The predicted octanol–water partition coefficient (Wildman–Crippen LogP) is 3.66. The summed E-state index contributed by atoms with van der Waals surface area (Å²) in [6.07, 6.45) is 0. The predicted molar refractivity (Wildman–Crippen MR) is 67.3 cm³/mol. The van der Waals surface area contributed by atoms with Crippen molar-refractivity contribution >= 4 is 5.97 Å². The van der Waals surface area contributed by atoms with E-state index in [2.05, 4.69) is 0 Å². The van der Waals surface area contributed by atoms with Crippen molar-refractivity contribution in [1.29, 1.82) is 0 Å². The van der Waals surface area contributed by atoms with Crippen molar-refractivity contribution in [3.05, 3.63) is 65.0 Å². The van der Waals surface area contributed by atoms with Gasteiger partial charge in [-0.2, -0.15) is 0 Å². The largest absolute Gasteiger partial charge is 0.423 e. The van der Waals surface area contributed by atoms with Crippen molar-refractivity contribution in [3.8, 4) is 5.75 Å². The van der Waals surface area contributed by atoms with Gasteiger partial charge in [-0.25, -0.2) is 9.18 Å². The number of aryl methyl sites for hydroxylation is 1.